The van der Waals surface area contributed by atoms with Gasteiger partial charge in [0.1, 0.15) is 5.75 Å². The van der Waals surface area contributed by atoms with Crippen molar-refractivity contribution in [2.75, 3.05) is 6.61 Å². The highest BCUT2D eigenvalue weighted by Gasteiger charge is 2.32. The van der Waals surface area contributed by atoms with Crippen LogP contribution in [0.2, 0.25) is 5.02 Å². The molecule has 0 bridgehead atoms. The molecule has 132 valence electrons. The summed E-state index contributed by atoms with van der Waals surface area (Å²) in [4.78, 5) is 11.6. The van der Waals surface area contributed by atoms with E-state index in [2.05, 4.69) is 26.5 Å². The minimum atomic E-state index is -4.51. The van der Waals surface area contributed by atoms with Crippen molar-refractivity contribution >= 4 is 39.7 Å². The molecule has 1 amide bonds. The van der Waals surface area contributed by atoms with Gasteiger partial charge < -0.3 is 4.74 Å². The summed E-state index contributed by atoms with van der Waals surface area (Å²) < 4.78 is 44.4. The summed E-state index contributed by atoms with van der Waals surface area (Å²) in [5.41, 5.74) is 1.09. The third kappa shape index (κ3) is 5.75. The number of ether oxygens (including phenoxy) is 1. The number of nitrogens with zero attached hydrogens (tertiary/aromatic N) is 1. The number of carbonyl (C=O) groups is 1. The van der Waals surface area contributed by atoms with E-state index >= 15 is 0 Å². The summed E-state index contributed by atoms with van der Waals surface area (Å²) in [6.07, 6.45) is -3.58. The molecular weight excluding hydrogens is 425 g/mol. The van der Waals surface area contributed by atoms with Gasteiger partial charge in [0, 0.05) is 10.0 Å². The summed E-state index contributed by atoms with van der Waals surface area (Å²) in [5.74, 6) is -0.342. The fourth-order valence-corrected chi connectivity index (χ4v) is 2.54. The lowest BCUT2D eigenvalue weighted by molar-refractivity contribution is -0.137. The molecule has 0 saturated carbocycles. The van der Waals surface area contributed by atoms with Gasteiger partial charge in [-0.05, 0) is 24.3 Å². The van der Waals surface area contributed by atoms with Gasteiger partial charge in [-0.1, -0.05) is 45.7 Å². The molecule has 4 nitrogen and oxygen atoms in total. The zero-order chi connectivity index (χ0) is 18.4. The highest BCUT2D eigenvalue weighted by Crippen LogP contribution is 2.31. The summed E-state index contributed by atoms with van der Waals surface area (Å²) in [7, 11) is 0. The number of hydrazone groups is 1. The number of hydrogen-bond donors (Lipinski definition) is 1. The Hall–Kier alpha value is -2.06. The van der Waals surface area contributed by atoms with E-state index in [1.807, 2.05) is 0 Å². The molecule has 0 unspecified atom stereocenters. The third-order valence-electron chi connectivity index (χ3n) is 2.91. The van der Waals surface area contributed by atoms with Crippen LogP contribution in [0.3, 0.4) is 0 Å². The van der Waals surface area contributed by atoms with Gasteiger partial charge >= 0.3 is 6.18 Å². The van der Waals surface area contributed by atoms with Crippen molar-refractivity contribution in [2.24, 2.45) is 5.10 Å². The fourth-order valence-electron chi connectivity index (χ4n) is 1.81. The number of amides is 1. The van der Waals surface area contributed by atoms with Crippen molar-refractivity contribution in [3.63, 3.8) is 0 Å². The minimum absolute atomic E-state index is 0.160. The Labute approximate surface area is 154 Å². The van der Waals surface area contributed by atoms with Crippen molar-refractivity contribution in [1.82, 2.24) is 5.43 Å². The number of benzene rings is 2. The minimum Gasteiger partial charge on any atom is -0.482 e. The van der Waals surface area contributed by atoms with E-state index in [1.165, 1.54) is 18.2 Å². The lowest BCUT2D eigenvalue weighted by Gasteiger charge is -2.09. The SMILES string of the molecule is O=C(COc1ccc(Br)cc1Cl)N/N=C/c1ccccc1C(F)(F)F. The highest BCUT2D eigenvalue weighted by molar-refractivity contribution is 9.10. The number of halogens is 5. The quantitative estimate of drug-likeness (QED) is 0.549. The lowest BCUT2D eigenvalue weighted by Crippen LogP contribution is -2.24. The Bertz CT molecular complexity index is 797. The summed E-state index contributed by atoms with van der Waals surface area (Å²) in [5, 5.41) is 3.83. The number of nitrogens with one attached hydrogen (secondary N) is 1. The maximum Gasteiger partial charge on any atom is 0.417 e. The normalized spacial score (nSPS) is 11.6. The highest BCUT2D eigenvalue weighted by atomic mass is 79.9. The van der Waals surface area contributed by atoms with Crippen LogP contribution < -0.4 is 10.2 Å². The van der Waals surface area contributed by atoms with Gasteiger partial charge in [0.15, 0.2) is 6.61 Å². The van der Waals surface area contributed by atoms with E-state index in [-0.39, 0.29) is 12.2 Å². The molecule has 0 fully saturated rings. The van der Waals surface area contributed by atoms with Gasteiger partial charge in [-0.15, -0.1) is 0 Å². The predicted molar refractivity (Wildman–Crippen MR) is 91.8 cm³/mol. The maximum absolute atomic E-state index is 12.8. The Balaban J connectivity index is 1.93. The van der Waals surface area contributed by atoms with Crippen molar-refractivity contribution < 1.29 is 22.7 Å². The Morgan fingerprint density at radius 1 is 1.28 bits per heavy atom. The topological polar surface area (TPSA) is 50.7 Å². The first kappa shape index (κ1) is 19.3. The maximum atomic E-state index is 12.8. The molecular formula is C16H11BrClF3N2O2. The number of alkyl halides is 3. The van der Waals surface area contributed by atoms with Crippen LogP contribution in [-0.4, -0.2) is 18.7 Å². The van der Waals surface area contributed by atoms with Crippen molar-refractivity contribution in [3.05, 3.63) is 63.1 Å². The van der Waals surface area contributed by atoms with Gasteiger partial charge in [0.25, 0.3) is 5.91 Å². The van der Waals surface area contributed by atoms with E-state index < -0.39 is 17.6 Å². The molecule has 0 saturated heterocycles. The third-order valence-corrected chi connectivity index (χ3v) is 3.70. The molecule has 0 aliphatic carbocycles. The smallest absolute Gasteiger partial charge is 0.417 e. The van der Waals surface area contributed by atoms with Crippen molar-refractivity contribution in [3.8, 4) is 5.75 Å². The molecule has 2 aromatic rings. The summed E-state index contributed by atoms with van der Waals surface area (Å²) in [6.45, 7) is -0.389. The van der Waals surface area contributed by atoms with Crippen LogP contribution in [-0.2, 0) is 11.0 Å². The second-order valence-corrected chi connectivity index (χ2v) is 6.06. The van der Waals surface area contributed by atoms with Gasteiger partial charge in [-0.25, -0.2) is 5.43 Å². The first-order valence-electron chi connectivity index (χ1n) is 6.83. The van der Waals surface area contributed by atoms with Crippen LogP contribution in [0.15, 0.2) is 52.0 Å². The number of hydrogen-bond acceptors (Lipinski definition) is 3. The van der Waals surface area contributed by atoms with E-state index in [0.717, 1.165) is 16.8 Å². The Morgan fingerprint density at radius 3 is 2.68 bits per heavy atom. The average Bonchev–Trinajstić information content (AvgIpc) is 2.53. The van der Waals surface area contributed by atoms with Crippen LogP contribution in [0.1, 0.15) is 11.1 Å². The van der Waals surface area contributed by atoms with Gasteiger partial charge in [0.2, 0.25) is 0 Å². The Kier molecular flexibility index (Phi) is 6.44. The lowest BCUT2D eigenvalue weighted by atomic mass is 10.1. The molecule has 2 rings (SSSR count). The van der Waals surface area contributed by atoms with Crippen LogP contribution in [0.25, 0.3) is 0 Å². The van der Waals surface area contributed by atoms with Crippen LogP contribution in [0, 0.1) is 0 Å². The zero-order valence-corrected chi connectivity index (χ0v) is 14.8. The fraction of sp³-hybridized carbons (Fsp3) is 0.125. The average molecular weight is 436 g/mol. The molecule has 0 atom stereocenters. The van der Waals surface area contributed by atoms with Gasteiger partial charge in [0.05, 0.1) is 16.8 Å². The second kappa shape index (κ2) is 8.35. The standard InChI is InChI=1S/C16H11BrClF3N2O2/c17-11-5-6-14(13(18)7-11)25-9-15(24)23-22-8-10-3-1-2-4-12(10)16(19,20)21/h1-8H,9H2,(H,23,24)/b22-8+. The number of rotatable bonds is 5. The molecule has 9 heteroatoms. The van der Waals surface area contributed by atoms with E-state index in [4.69, 9.17) is 16.3 Å². The Morgan fingerprint density at radius 2 is 2.00 bits per heavy atom. The predicted octanol–water partition coefficient (Wildman–Crippen LogP) is 4.65. The number of carbonyl (C=O) groups excluding carboxylic acids is 1. The van der Waals surface area contributed by atoms with Gasteiger partial charge in [-0.3, -0.25) is 4.79 Å². The first-order chi connectivity index (χ1) is 11.8. The van der Waals surface area contributed by atoms with Gasteiger partial charge in [-0.2, -0.15) is 18.3 Å². The molecule has 25 heavy (non-hydrogen) atoms. The molecule has 0 aliphatic heterocycles. The largest absolute Gasteiger partial charge is 0.482 e. The first-order valence-corrected chi connectivity index (χ1v) is 8.00. The molecule has 0 spiro atoms. The zero-order valence-electron chi connectivity index (χ0n) is 12.5. The van der Waals surface area contributed by atoms with Crippen LogP contribution >= 0.6 is 27.5 Å². The molecule has 0 radical (unpaired) electrons. The van der Waals surface area contributed by atoms with Crippen molar-refractivity contribution in [2.45, 2.75) is 6.18 Å². The van der Waals surface area contributed by atoms with Crippen LogP contribution in [0.4, 0.5) is 13.2 Å². The molecule has 0 aromatic heterocycles. The van der Waals surface area contributed by atoms with Crippen LogP contribution in [0.5, 0.6) is 5.75 Å². The molecule has 1 N–H and O–H groups in total. The van der Waals surface area contributed by atoms with E-state index in [9.17, 15) is 18.0 Å². The molecule has 2 aromatic carbocycles. The van der Waals surface area contributed by atoms with E-state index in [0.29, 0.717) is 10.8 Å². The molecule has 0 aliphatic rings. The van der Waals surface area contributed by atoms with Crippen molar-refractivity contribution in [1.29, 1.82) is 0 Å². The summed E-state index contributed by atoms with van der Waals surface area (Å²) >= 11 is 9.17. The van der Waals surface area contributed by atoms with E-state index in [1.54, 1.807) is 18.2 Å². The molecule has 0 heterocycles. The monoisotopic (exact) mass is 434 g/mol. The summed E-state index contributed by atoms with van der Waals surface area (Å²) in [6, 6.07) is 9.75. The second-order valence-electron chi connectivity index (χ2n) is 4.74.